The summed E-state index contributed by atoms with van der Waals surface area (Å²) >= 11 is 0. The van der Waals surface area contributed by atoms with E-state index in [0.717, 1.165) is 24.4 Å². The molecule has 0 amide bonds. The summed E-state index contributed by atoms with van der Waals surface area (Å²) in [6.07, 6.45) is 4.05. The molecule has 0 spiro atoms. The topological polar surface area (TPSA) is 56.3 Å². The zero-order chi connectivity index (χ0) is 13.7. The number of rotatable bonds is 7. The summed E-state index contributed by atoms with van der Waals surface area (Å²) in [4.78, 5) is 8.53. The Labute approximate surface area is 114 Å². The van der Waals surface area contributed by atoms with E-state index in [0.29, 0.717) is 31.3 Å². The van der Waals surface area contributed by atoms with Crippen LogP contribution in [0.4, 0.5) is 5.82 Å². The molecule has 1 heterocycles. The van der Waals surface area contributed by atoms with E-state index in [1.54, 1.807) is 13.4 Å². The molecule has 2 rings (SSSR count). The second-order valence-corrected chi connectivity index (χ2v) is 5.28. The largest absolute Gasteiger partial charge is 0.382 e. The molecule has 1 aliphatic carbocycles. The minimum absolute atomic E-state index is 0.360. The zero-order valence-corrected chi connectivity index (χ0v) is 11.9. The Kier molecular flexibility index (Phi) is 5.10. The van der Waals surface area contributed by atoms with Gasteiger partial charge in [-0.25, -0.2) is 9.97 Å². The van der Waals surface area contributed by atoms with Crippen molar-refractivity contribution in [1.29, 1.82) is 0 Å². The van der Waals surface area contributed by atoms with Crippen molar-refractivity contribution in [2.24, 2.45) is 0 Å². The Hall–Kier alpha value is -1.20. The summed E-state index contributed by atoms with van der Waals surface area (Å²) in [6.45, 7) is 5.61. The Balaban J connectivity index is 1.73. The highest BCUT2D eigenvalue weighted by Gasteiger charge is 2.29. The first kappa shape index (κ1) is 14.2. The van der Waals surface area contributed by atoms with Gasteiger partial charge < -0.3 is 14.8 Å². The van der Waals surface area contributed by atoms with Gasteiger partial charge in [0.1, 0.15) is 12.1 Å². The molecule has 1 aliphatic rings. The van der Waals surface area contributed by atoms with Gasteiger partial charge in [0.25, 0.3) is 0 Å². The lowest BCUT2D eigenvalue weighted by atomic mass is 9.89. The predicted molar refractivity (Wildman–Crippen MR) is 74.4 cm³/mol. The number of methoxy groups -OCH3 is 1. The van der Waals surface area contributed by atoms with Crippen molar-refractivity contribution in [3.63, 3.8) is 0 Å². The van der Waals surface area contributed by atoms with E-state index < -0.39 is 0 Å². The van der Waals surface area contributed by atoms with E-state index in [4.69, 9.17) is 9.47 Å². The van der Waals surface area contributed by atoms with E-state index in [1.165, 1.54) is 0 Å². The van der Waals surface area contributed by atoms with Crippen molar-refractivity contribution in [2.75, 3.05) is 25.6 Å². The third-order valence-electron chi connectivity index (χ3n) is 3.37. The maximum absolute atomic E-state index is 5.65. The first-order chi connectivity index (χ1) is 9.19. The lowest BCUT2D eigenvalue weighted by molar-refractivity contribution is -0.0261. The van der Waals surface area contributed by atoms with Crippen LogP contribution in [0.25, 0.3) is 0 Å². The maximum Gasteiger partial charge on any atom is 0.129 e. The molecule has 0 aromatic carbocycles. The number of anilines is 1. The smallest absolute Gasteiger partial charge is 0.129 e. The van der Waals surface area contributed by atoms with Crippen molar-refractivity contribution in [3.8, 4) is 0 Å². The monoisotopic (exact) mass is 265 g/mol. The number of hydrogen-bond acceptors (Lipinski definition) is 5. The van der Waals surface area contributed by atoms with Crippen LogP contribution in [0.1, 0.15) is 38.3 Å². The lowest BCUT2D eigenvalue weighted by Gasteiger charge is -2.35. The minimum Gasteiger partial charge on any atom is -0.382 e. The van der Waals surface area contributed by atoms with Gasteiger partial charge in [-0.15, -0.1) is 0 Å². The molecule has 1 saturated carbocycles. The fourth-order valence-corrected chi connectivity index (χ4v) is 2.09. The third-order valence-corrected chi connectivity index (χ3v) is 3.37. The highest BCUT2D eigenvalue weighted by molar-refractivity contribution is 5.37. The number of nitrogens with zero attached hydrogens (tertiary/aromatic N) is 2. The summed E-state index contributed by atoms with van der Waals surface area (Å²) < 4.78 is 10.6. The van der Waals surface area contributed by atoms with Crippen LogP contribution >= 0.6 is 0 Å². The second-order valence-electron chi connectivity index (χ2n) is 5.28. The molecule has 0 atom stereocenters. The normalized spacial score (nSPS) is 22.3. The summed E-state index contributed by atoms with van der Waals surface area (Å²) in [5.41, 5.74) is 1.07. The Bertz CT molecular complexity index is 392. The first-order valence-electron chi connectivity index (χ1n) is 6.88. The number of aromatic nitrogens is 2. The summed E-state index contributed by atoms with van der Waals surface area (Å²) in [6, 6.07) is 2.49. The highest BCUT2D eigenvalue weighted by Crippen LogP contribution is 2.26. The Morgan fingerprint density at radius 3 is 2.79 bits per heavy atom. The summed E-state index contributed by atoms with van der Waals surface area (Å²) in [7, 11) is 1.69. The van der Waals surface area contributed by atoms with E-state index >= 15 is 0 Å². The van der Waals surface area contributed by atoms with Gasteiger partial charge in [-0.3, -0.25) is 0 Å². The van der Waals surface area contributed by atoms with Crippen molar-refractivity contribution in [3.05, 3.63) is 18.1 Å². The average Bonchev–Trinajstić information content (AvgIpc) is 2.36. The van der Waals surface area contributed by atoms with E-state index in [9.17, 15) is 0 Å². The van der Waals surface area contributed by atoms with Crippen molar-refractivity contribution in [1.82, 2.24) is 9.97 Å². The van der Waals surface area contributed by atoms with E-state index in [1.807, 2.05) is 6.07 Å². The molecule has 1 N–H and O–H groups in total. The van der Waals surface area contributed by atoms with Crippen LogP contribution in [0.3, 0.4) is 0 Å². The second kappa shape index (κ2) is 6.82. The minimum atomic E-state index is 0.360. The molecule has 1 aromatic heterocycles. The van der Waals surface area contributed by atoms with Gasteiger partial charge in [0.15, 0.2) is 0 Å². The van der Waals surface area contributed by atoms with Crippen molar-refractivity contribution in [2.45, 2.75) is 44.8 Å². The molecular weight excluding hydrogens is 242 g/mol. The molecule has 0 unspecified atom stereocenters. The Morgan fingerprint density at radius 2 is 2.11 bits per heavy atom. The SMILES string of the molecule is COCCO[C@H]1C[C@@H](Nc2cc(C(C)C)ncn2)C1. The number of ether oxygens (including phenoxy) is 2. The van der Waals surface area contributed by atoms with E-state index in [-0.39, 0.29) is 0 Å². The molecule has 0 bridgehead atoms. The molecule has 0 saturated heterocycles. The van der Waals surface area contributed by atoms with Gasteiger partial charge in [0, 0.05) is 24.9 Å². The molecule has 5 heteroatoms. The van der Waals surface area contributed by atoms with Crippen LogP contribution < -0.4 is 5.32 Å². The molecule has 1 fully saturated rings. The number of hydrogen-bond donors (Lipinski definition) is 1. The van der Waals surface area contributed by atoms with Gasteiger partial charge in [0.2, 0.25) is 0 Å². The average molecular weight is 265 g/mol. The fourth-order valence-electron chi connectivity index (χ4n) is 2.09. The standard InChI is InChI=1S/C14H23N3O2/c1-10(2)13-8-14(16-9-15-13)17-11-6-12(7-11)19-5-4-18-3/h8-12H,4-7H2,1-3H3,(H,15,16,17)/t11-,12+. The van der Waals surface area contributed by atoms with Crippen LogP contribution in [0.5, 0.6) is 0 Å². The third kappa shape index (κ3) is 4.14. The first-order valence-corrected chi connectivity index (χ1v) is 6.88. The van der Waals surface area contributed by atoms with Gasteiger partial charge in [0.05, 0.1) is 19.3 Å². The van der Waals surface area contributed by atoms with E-state index in [2.05, 4.69) is 29.1 Å². The van der Waals surface area contributed by atoms with Crippen LogP contribution in [0.15, 0.2) is 12.4 Å². The molecule has 0 aliphatic heterocycles. The molecule has 106 valence electrons. The van der Waals surface area contributed by atoms with Crippen molar-refractivity contribution >= 4 is 5.82 Å². The van der Waals surface area contributed by atoms with Crippen LogP contribution in [0.2, 0.25) is 0 Å². The molecule has 0 radical (unpaired) electrons. The zero-order valence-electron chi connectivity index (χ0n) is 11.9. The highest BCUT2D eigenvalue weighted by atomic mass is 16.5. The molecule has 1 aromatic rings. The van der Waals surface area contributed by atoms with Crippen LogP contribution in [-0.2, 0) is 9.47 Å². The molecular formula is C14H23N3O2. The van der Waals surface area contributed by atoms with Gasteiger partial charge in [-0.2, -0.15) is 0 Å². The fraction of sp³-hybridized carbons (Fsp3) is 0.714. The van der Waals surface area contributed by atoms with Crippen LogP contribution in [-0.4, -0.2) is 42.4 Å². The van der Waals surface area contributed by atoms with Gasteiger partial charge in [-0.05, 0) is 18.8 Å². The summed E-state index contributed by atoms with van der Waals surface area (Å²) in [5.74, 6) is 1.34. The predicted octanol–water partition coefficient (Wildman–Crippen LogP) is 2.21. The Morgan fingerprint density at radius 1 is 1.32 bits per heavy atom. The quantitative estimate of drug-likeness (QED) is 0.766. The van der Waals surface area contributed by atoms with Gasteiger partial charge in [-0.1, -0.05) is 13.8 Å². The van der Waals surface area contributed by atoms with Crippen molar-refractivity contribution < 1.29 is 9.47 Å². The van der Waals surface area contributed by atoms with Crippen LogP contribution in [0, 0.1) is 0 Å². The summed E-state index contributed by atoms with van der Waals surface area (Å²) in [5, 5.41) is 3.43. The lowest BCUT2D eigenvalue weighted by Crippen LogP contribution is -2.41. The maximum atomic E-state index is 5.65. The molecule has 5 nitrogen and oxygen atoms in total. The number of nitrogens with one attached hydrogen (secondary N) is 1. The van der Waals surface area contributed by atoms with Gasteiger partial charge >= 0.3 is 0 Å². The molecule has 19 heavy (non-hydrogen) atoms.